The van der Waals surface area contributed by atoms with E-state index in [0.29, 0.717) is 37.9 Å². The molecule has 39 heavy (non-hydrogen) atoms. The van der Waals surface area contributed by atoms with Gasteiger partial charge in [0.25, 0.3) is 0 Å². The molecule has 2 rings (SSSR count). The van der Waals surface area contributed by atoms with Crippen LogP contribution in [0.5, 0.6) is 0 Å². The van der Waals surface area contributed by atoms with Crippen LogP contribution in [0, 0.1) is 11.8 Å². The predicted molar refractivity (Wildman–Crippen MR) is 147 cm³/mol. The molecule has 1 fully saturated rings. The Morgan fingerprint density at radius 1 is 0.949 bits per heavy atom. The van der Waals surface area contributed by atoms with E-state index in [4.69, 9.17) is 4.74 Å². The van der Waals surface area contributed by atoms with E-state index in [9.17, 15) is 28.8 Å². The Bertz CT molecular complexity index is 1030. The number of ether oxygens (including phenoxy) is 1. The largest absolute Gasteiger partial charge is 0.469 e. The van der Waals surface area contributed by atoms with Crippen molar-refractivity contribution in [1.82, 2.24) is 15.5 Å². The lowest BCUT2D eigenvalue weighted by molar-refractivity contribution is -0.140. The Labute approximate surface area is 230 Å². The average Bonchev–Trinajstić information content (AvgIpc) is 3.19. The number of hydrogen-bond acceptors (Lipinski definition) is 7. The normalized spacial score (nSPS) is 14.8. The molecule has 0 radical (unpaired) electrons. The minimum absolute atomic E-state index is 0.0692. The van der Waals surface area contributed by atoms with E-state index < -0.39 is 11.8 Å². The summed E-state index contributed by atoms with van der Waals surface area (Å²) in [7, 11) is 1.32. The topological polar surface area (TPSA) is 151 Å². The van der Waals surface area contributed by atoms with Crippen molar-refractivity contribution in [3.8, 4) is 0 Å². The second-order valence-corrected chi connectivity index (χ2v) is 9.66. The molecule has 0 bridgehead atoms. The number of nitrogens with zero attached hydrogens (tertiary/aromatic N) is 1. The van der Waals surface area contributed by atoms with Gasteiger partial charge in [-0.05, 0) is 36.5 Å². The molecule has 0 spiro atoms. The number of benzene rings is 1. The van der Waals surface area contributed by atoms with Crippen molar-refractivity contribution in [2.24, 2.45) is 11.8 Å². The van der Waals surface area contributed by atoms with Crippen LogP contribution in [0.1, 0.15) is 64.4 Å². The summed E-state index contributed by atoms with van der Waals surface area (Å²) in [5.41, 5.74) is 1.30. The first-order valence-electron chi connectivity index (χ1n) is 13.5. The predicted octanol–water partition coefficient (Wildman–Crippen LogP) is 1.50. The number of carbonyl (C=O) groups is 6. The number of carbonyl (C=O) groups excluding carboxylic acids is 6. The molecule has 1 atom stereocenters. The molecule has 5 amide bonds. The molecule has 1 saturated heterocycles. The average molecular weight is 542 g/mol. The number of likely N-dealkylation sites (tertiary alicyclic amines) is 1. The minimum atomic E-state index is -0.492. The van der Waals surface area contributed by atoms with Crippen molar-refractivity contribution in [3.63, 3.8) is 0 Å². The summed E-state index contributed by atoms with van der Waals surface area (Å²) < 4.78 is 4.90. The van der Waals surface area contributed by atoms with Crippen LogP contribution < -0.4 is 16.0 Å². The molecule has 11 nitrogen and oxygen atoms in total. The second kappa shape index (κ2) is 16.3. The van der Waals surface area contributed by atoms with E-state index >= 15 is 0 Å². The fourth-order valence-electron chi connectivity index (χ4n) is 4.48. The van der Waals surface area contributed by atoms with Gasteiger partial charge in [0.15, 0.2) is 0 Å². The summed E-state index contributed by atoms with van der Waals surface area (Å²) in [4.78, 5) is 73.1. The van der Waals surface area contributed by atoms with Crippen molar-refractivity contribution in [2.75, 3.05) is 25.0 Å². The fourth-order valence-corrected chi connectivity index (χ4v) is 4.48. The van der Waals surface area contributed by atoms with Gasteiger partial charge < -0.3 is 20.7 Å². The zero-order chi connectivity index (χ0) is 28.8. The monoisotopic (exact) mass is 542 g/mol. The van der Waals surface area contributed by atoms with E-state index in [0.717, 1.165) is 18.4 Å². The van der Waals surface area contributed by atoms with Crippen molar-refractivity contribution >= 4 is 48.9 Å². The summed E-state index contributed by atoms with van der Waals surface area (Å²) in [6.07, 6.45) is 4.15. The highest BCUT2D eigenvalue weighted by atomic mass is 16.5. The maximum Gasteiger partial charge on any atom is 0.243 e. The Morgan fingerprint density at radius 2 is 1.59 bits per heavy atom. The third kappa shape index (κ3) is 10.9. The number of nitrogens with one attached hydrogen (secondary N) is 3. The van der Waals surface area contributed by atoms with Crippen molar-refractivity contribution in [3.05, 3.63) is 29.8 Å². The number of hydrogen-bond donors (Lipinski definition) is 3. The summed E-state index contributed by atoms with van der Waals surface area (Å²) in [5, 5.41) is 7.61. The van der Waals surface area contributed by atoms with Crippen LogP contribution in [0.4, 0.5) is 10.5 Å². The lowest BCUT2D eigenvalue weighted by atomic mass is 9.87. The first-order valence-corrected chi connectivity index (χ1v) is 13.5. The summed E-state index contributed by atoms with van der Waals surface area (Å²) in [5.74, 6) is -1.73. The molecule has 1 heterocycles. The van der Waals surface area contributed by atoms with Crippen molar-refractivity contribution in [1.29, 1.82) is 0 Å². The lowest BCUT2D eigenvalue weighted by Gasteiger charge is -2.19. The molecular formula is C27H39BN4O7. The third-order valence-electron chi connectivity index (χ3n) is 6.75. The van der Waals surface area contributed by atoms with E-state index in [1.807, 2.05) is 13.8 Å². The standard InChI is InChI=1S/C27H39BN4O7/c1-3-19(4-2)21-14-25(36)32(26(21)37)13-7-5-6-8-22(33)29-15-23(34)30-16-24(35)31-20-11-9-18(10-12-20)17-39-27(28)38/h9-12,19,21H,3-8,13-17,28H2,1-2H3,(H,29,33)(H,30,34)(H,31,35). The van der Waals surface area contributed by atoms with Gasteiger partial charge in [0.05, 0.1) is 19.0 Å². The van der Waals surface area contributed by atoms with Crippen LogP contribution in [0.2, 0.25) is 0 Å². The number of rotatable bonds is 16. The fraction of sp³-hybridized carbons (Fsp3) is 0.556. The van der Waals surface area contributed by atoms with Crippen LogP contribution in [-0.4, -0.2) is 67.8 Å². The number of imide groups is 1. The highest BCUT2D eigenvalue weighted by molar-refractivity contribution is 6.55. The number of anilines is 1. The first kappa shape index (κ1) is 31.5. The maximum atomic E-state index is 12.6. The van der Waals surface area contributed by atoms with Gasteiger partial charge in [-0.15, -0.1) is 0 Å². The zero-order valence-corrected chi connectivity index (χ0v) is 23.0. The van der Waals surface area contributed by atoms with Gasteiger partial charge in [-0.2, -0.15) is 0 Å². The number of amides is 5. The quantitative estimate of drug-likeness (QED) is 0.163. The molecular weight excluding hydrogens is 503 g/mol. The Morgan fingerprint density at radius 3 is 2.23 bits per heavy atom. The Hall–Kier alpha value is -3.70. The second-order valence-electron chi connectivity index (χ2n) is 9.66. The molecule has 0 aromatic heterocycles. The lowest BCUT2D eigenvalue weighted by Crippen LogP contribution is -2.40. The zero-order valence-electron chi connectivity index (χ0n) is 23.0. The molecule has 1 aliphatic heterocycles. The van der Waals surface area contributed by atoms with Gasteiger partial charge >= 0.3 is 0 Å². The van der Waals surface area contributed by atoms with E-state index in [1.165, 1.54) is 12.7 Å². The van der Waals surface area contributed by atoms with Gasteiger partial charge in [0.1, 0.15) is 6.61 Å². The maximum absolute atomic E-state index is 12.6. The highest BCUT2D eigenvalue weighted by Gasteiger charge is 2.41. The summed E-state index contributed by atoms with van der Waals surface area (Å²) >= 11 is 0. The van der Waals surface area contributed by atoms with E-state index in [2.05, 4.69) is 16.0 Å². The van der Waals surface area contributed by atoms with E-state index in [1.54, 1.807) is 24.3 Å². The smallest absolute Gasteiger partial charge is 0.243 e. The SMILES string of the molecule is BC(=O)OCc1ccc(NC(=O)CNC(=O)CNC(=O)CCCCCN2C(=O)CC(C(CC)CC)C2=O)cc1. The molecule has 1 aromatic carbocycles. The summed E-state index contributed by atoms with van der Waals surface area (Å²) in [6.45, 7) is 4.10. The molecule has 3 N–H and O–H groups in total. The van der Waals surface area contributed by atoms with Crippen LogP contribution >= 0.6 is 0 Å². The highest BCUT2D eigenvalue weighted by Crippen LogP contribution is 2.31. The summed E-state index contributed by atoms with van der Waals surface area (Å²) in [6, 6.07) is 6.74. The Kier molecular flexibility index (Phi) is 13.2. The molecule has 1 aliphatic rings. The molecule has 212 valence electrons. The molecule has 0 saturated carbocycles. The van der Waals surface area contributed by atoms with Crippen molar-refractivity contribution in [2.45, 2.75) is 65.4 Å². The van der Waals surface area contributed by atoms with Gasteiger partial charge in [-0.1, -0.05) is 45.2 Å². The first-order chi connectivity index (χ1) is 18.6. The third-order valence-corrected chi connectivity index (χ3v) is 6.75. The number of unbranched alkanes of at least 4 members (excludes halogenated alkanes) is 2. The van der Waals surface area contributed by atoms with Gasteiger partial charge in [-0.3, -0.25) is 33.7 Å². The molecule has 1 unspecified atom stereocenters. The molecule has 12 heteroatoms. The van der Waals surface area contributed by atoms with Crippen LogP contribution in [-0.2, 0) is 35.3 Å². The van der Waals surface area contributed by atoms with E-state index in [-0.39, 0.29) is 61.5 Å². The van der Waals surface area contributed by atoms with Crippen molar-refractivity contribution < 1.29 is 33.5 Å². The van der Waals surface area contributed by atoms with Gasteiger partial charge in [0, 0.05) is 25.1 Å². The minimum Gasteiger partial charge on any atom is -0.469 e. The van der Waals surface area contributed by atoms with Gasteiger partial charge in [0.2, 0.25) is 43.3 Å². The van der Waals surface area contributed by atoms with Crippen LogP contribution in [0.15, 0.2) is 24.3 Å². The molecule has 1 aromatic rings. The molecule has 0 aliphatic carbocycles. The van der Waals surface area contributed by atoms with Crippen LogP contribution in [0.3, 0.4) is 0 Å². The Balaban J connectivity index is 1.56. The van der Waals surface area contributed by atoms with Crippen LogP contribution in [0.25, 0.3) is 0 Å². The van der Waals surface area contributed by atoms with Gasteiger partial charge in [-0.25, -0.2) is 0 Å².